The fraction of sp³-hybridized carbons (Fsp3) is 0.462. The van der Waals surface area contributed by atoms with Gasteiger partial charge in [0, 0.05) is 24.5 Å². The molecule has 2 atom stereocenters. The fourth-order valence-corrected chi connectivity index (χ4v) is 2.33. The lowest BCUT2D eigenvalue weighted by atomic mass is 9.98. The molecule has 0 amide bonds. The highest BCUT2D eigenvalue weighted by Gasteiger charge is 2.29. The Kier molecular flexibility index (Phi) is 2.83. The van der Waals surface area contributed by atoms with E-state index in [4.69, 9.17) is 4.52 Å². The van der Waals surface area contributed by atoms with Gasteiger partial charge in [-0.1, -0.05) is 12.1 Å². The molecule has 3 heterocycles. The molecule has 0 radical (unpaired) electrons. The Morgan fingerprint density at radius 2 is 2.28 bits per heavy atom. The predicted octanol–water partition coefficient (Wildman–Crippen LogP) is 1.76. The highest BCUT2D eigenvalue weighted by Crippen LogP contribution is 2.28. The molecule has 0 aliphatic carbocycles. The van der Waals surface area contributed by atoms with Crippen LogP contribution in [0.15, 0.2) is 23.0 Å². The van der Waals surface area contributed by atoms with Crippen molar-refractivity contribution in [2.45, 2.75) is 19.8 Å². The lowest BCUT2D eigenvalue weighted by Crippen LogP contribution is -2.08. The summed E-state index contributed by atoms with van der Waals surface area (Å²) in [4.78, 5) is 8.63. The molecule has 1 fully saturated rings. The number of nitrogens with zero attached hydrogens (tertiary/aromatic N) is 3. The molecule has 0 aromatic carbocycles. The number of pyridine rings is 1. The molecular formula is C13H16N4O. The second-order valence-corrected chi connectivity index (χ2v) is 4.89. The van der Waals surface area contributed by atoms with Gasteiger partial charge < -0.3 is 9.84 Å². The first-order valence-corrected chi connectivity index (χ1v) is 6.21. The van der Waals surface area contributed by atoms with E-state index in [0.717, 1.165) is 30.1 Å². The van der Waals surface area contributed by atoms with Crippen molar-refractivity contribution in [3.8, 4) is 11.4 Å². The highest BCUT2D eigenvalue weighted by atomic mass is 16.5. The van der Waals surface area contributed by atoms with Crippen molar-refractivity contribution in [3.63, 3.8) is 0 Å². The van der Waals surface area contributed by atoms with Crippen molar-refractivity contribution in [2.24, 2.45) is 5.92 Å². The van der Waals surface area contributed by atoms with E-state index in [1.165, 1.54) is 0 Å². The minimum absolute atomic E-state index is 0.322. The third kappa shape index (κ3) is 1.90. The molecule has 0 unspecified atom stereocenters. The quantitative estimate of drug-likeness (QED) is 0.872. The first-order chi connectivity index (χ1) is 8.75. The highest BCUT2D eigenvalue weighted by molar-refractivity contribution is 5.57. The maximum Gasteiger partial charge on any atom is 0.231 e. The van der Waals surface area contributed by atoms with Gasteiger partial charge in [-0.15, -0.1) is 0 Å². The van der Waals surface area contributed by atoms with Crippen molar-refractivity contribution in [1.82, 2.24) is 20.4 Å². The summed E-state index contributed by atoms with van der Waals surface area (Å²) in [5.41, 5.74) is 2.04. The first-order valence-electron chi connectivity index (χ1n) is 6.21. The van der Waals surface area contributed by atoms with Crippen LogP contribution in [0.3, 0.4) is 0 Å². The summed E-state index contributed by atoms with van der Waals surface area (Å²) in [5, 5.41) is 7.41. The van der Waals surface area contributed by atoms with Crippen LogP contribution in [0.5, 0.6) is 0 Å². The molecule has 3 rings (SSSR count). The lowest BCUT2D eigenvalue weighted by Gasteiger charge is -2.07. The monoisotopic (exact) mass is 244 g/mol. The van der Waals surface area contributed by atoms with Crippen LogP contribution in [0, 0.1) is 12.8 Å². The Labute approximate surface area is 106 Å². The van der Waals surface area contributed by atoms with Crippen LogP contribution >= 0.6 is 0 Å². The van der Waals surface area contributed by atoms with Crippen molar-refractivity contribution in [2.75, 3.05) is 13.1 Å². The van der Waals surface area contributed by atoms with Gasteiger partial charge in [0.15, 0.2) is 0 Å². The molecule has 5 nitrogen and oxygen atoms in total. The van der Waals surface area contributed by atoms with Crippen LogP contribution in [0.1, 0.15) is 24.3 Å². The second kappa shape index (κ2) is 4.49. The molecule has 0 bridgehead atoms. The topological polar surface area (TPSA) is 63.8 Å². The third-order valence-electron chi connectivity index (χ3n) is 3.56. The molecule has 94 valence electrons. The summed E-state index contributed by atoms with van der Waals surface area (Å²) in [6, 6.07) is 1.95. The molecule has 0 spiro atoms. The minimum atomic E-state index is 0.322. The molecule has 1 N–H and O–H groups in total. The van der Waals surface area contributed by atoms with Gasteiger partial charge in [0.05, 0.1) is 5.92 Å². The van der Waals surface area contributed by atoms with Gasteiger partial charge in [-0.2, -0.15) is 4.98 Å². The Morgan fingerprint density at radius 3 is 3.00 bits per heavy atom. The smallest absolute Gasteiger partial charge is 0.231 e. The molecule has 2 aromatic rings. The zero-order chi connectivity index (χ0) is 12.5. The van der Waals surface area contributed by atoms with Crippen LogP contribution in [0.2, 0.25) is 0 Å². The normalized spacial score (nSPS) is 23.4. The molecule has 1 saturated heterocycles. The standard InChI is InChI=1S/C13H16N4O/c1-8-3-4-14-6-10(8)12-16-13(18-17-12)11-7-15-5-9(11)2/h3-4,6,9,11,15H,5,7H2,1-2H3/t9-,11-/m1/s1. The van der Waals surface area contributed by atoms with E-state index >= 15 is 0 Å². The zero-order valence-electron chi connectivity index (χ0n) is 10.6. The van der Waals surface area contributed by atoms with E-state index in [0.29, 0.717) is 17.7 Å². The third-order valence-corrected chi connectivity index (χ3v) is 3.56. The van der Waals surface area contributed by atoms with Crippen LogP contribution in [-0.4, -0.2) is 28.2 Å². The van der Waals surface area contributed by atoms with Crippen LogP contribution in [-0.2, 0) is 0 Å². The Hall–Kier alpha value is -1.75. The van der Waals surface area contributed by atoms with Crippen molar-refractivity contribution in [1.29, 1.82) is 0 Å². The summed E-state index contributed by atoms with van der Waals surface area (Å²) in [7, 11) is 0. The van der Waals surface area contributed by atoms with E-state index in [1.54, 1.807) is 12.4 Å². The summed E-state index contributed by atoms with van der Waals surface area (Å²) in [6.07, 6.45) is 3.54. The molecule has 2 aromatic heterocycles. The average Bonchev–Trinajstić information content (AvgIpc) is 2.98. The minimum Gasteiger partial charge on any atom is -0.339 e. The van der Waals surface area contributed by atoms with Crippen molar-refractivity contribution >= 4 is 0 Å². The number of hydrogen-bond acceptors (Lipinski definition) is 5. The van der Waals surface area contributed by atoms with E-state index in [2.05, 4.69) is 27.4 Å². The molecule has 0 saturated carbocycles. The predicted molar refractivity (Wildman–Crippen MR) is 67.0 cm³/mol. The van der Waals surface area contributed by atoms with E-state index in [1.807, 2.05) is 13.0 Å². The zero-order valence-corrected chi connectivity index (χ0v) is 10.6. The van der Waals surface area contributed by atoms with Crippen molar-refractivity contribution < 1.29 is 4.52 Å². The summed E-state index contributed by atoms with van der Waals surface area (Å²) in [5.74, 6) is 2.22. The second-order valence-electron chi connectivity index (χ2n) is 4.89. The lowest BCUT2D eigenvalue weighted by molar-refractivity contribution is 0.340. The van der Waals surface area contributed by atoms with Gasteiger partial charge in [-0.05, 0) is 31.0 Å². The van der Waals surface area contributed by atoms with Crippen LogP contribution < -0.4 is 5.32 Å². The largest absolute Gasteiger partial charge is 0.339 e. The maximum atomic E-state index is 5.40. The number of aromatic nitrogens is 3. The number of nitrogens with one attached hydrogen (secondary N) is 1. The van der Waals surface area contributed by atoms with E-state index < -0.39 is 0 Å². The Balaban J connectivity index is 1.92. The molecule has 1 aliphatic rings. The number of hydrogen-bond donors (Lipinski definition) is 1. The average molecular weight is 244 g/mol. The van der Waals surface area contributed by atoms with Crippen LogP contribution in [0.4, 0.5) is 0 Å². The van der Waals surface area contributed by atoms with E-state index in [9.17, 15) is 0 Å². The van der Waals surface area contributed by atoms with Gasteiger partial charge in [0.1, 0.15) is 0 Å². The molecule has 5 heteroatoms. The van der Waals surface area contributed by atoms with Crippen molar-refractivity contribution in [3.05, 3.63) is 29.9 Å². The summed E-state index contributed by atoms with van der Waals surface area (Å²) in [6.45, 7) is 6.14. The summed E-state index contributed by atoms with van der Waals surface area (Å²) < 4.78 is 5.40. The maximum absolute atomic E-state index is 5.40. The van der Waals surface area contributed by atoms with Gasteiger partial charge in [0.2, 0.25) is 11.7 Å². The van der Waals surface area contributed by atoms with Gasteiger partial charge in [-0.25, -0.2) is 0 Å². The molecular weight excluding hydrogens is 228 g/mol. The molecule has 18 heavy (non-hydrogen) atoms. The Bertz CT molecular complexity index is 551. The van der Waals surface area contributed by atoms with Crippen LogP contribution in [0.25, 0.3) is 11.4 Å². The Morgan fingerprint density at radius 1 is 1.39 bits per heavy atom. The fourth-order valence-electron chi connectivity index (χ4n) is 2.33. The molecule has 1 aliphatic heterocycles. The number of aryl methyl sites for hydroxylation is 1. The number of rotatable bonds is 2. The van der Waals surface area contributed by atoms with Gasteiger partial charge in [0.25, 0.3) is 0 Å². The first kappa shape index (κ1) is 11.3. The van der Waals surface area contributed by atoms with Gasteiger partial charge >= 0.3 is 0 Å². The SMILES string of the molecule is Cc1ccncc1-c1noc([C@@H]2CNC[C@H]2C)n1. The van der Waals surface area contributed by atoms with Gasteiger partial charge in [-0.3, -0.25) is 4.98 Å². The van der Waals surface area contributed by atoms with E-state index in [-0.39, 0.29) is 0 Å². The summed E-state index contributed by atoms with van der Waals surface area (Å²) >= 11 is 0.